The number of hydrogen-bond donors (Lipinski definition) is 2. The molecule has 3 heteroatoms. The number of likely N-dealkylation sites (N-methyl/N-ethyl adjacent to an activating group) is 1. The van der Waals surface area contributed by atoms with Crippen LogP contribution in [0.5, 0.6) is 5.75 Å². The molecular weight excluding hydrogens is 260 g/mol. The predicted octanol–water partition coefficient (Wildman–Crippen LogP) is 3.28. The van der Waals surface area contributed by atoms with Crippen LogP contribution in [-0.2, 0) is 6.42 Å². The van der Waals surface area contributed by atoms with Crippen molar-refractivity contribution in [1.29, 1.82) is 0 Å². The average Bonchev–Trinajstić information content (AvgIpc) is 2.42. The van der Waals surface area contributed by atoms with Crippen LogP contribution in [0.15, 0.2) is 24.3 Å². The van der Waals surface area contributed by atoms with E-state index in [1.54, 1.807) is 12.1 Å². The SMILES string of the molecule is CC(C)CC(CNC(C)CCc1ccc(O)cc1)N(C)C. The van der Waals surface area contributed by atoms with E-state index >= 15 is 0 Å². The molecule has 0 saturated heterocycles. The predicted molar refractivity (Wildman–Crippen MR) is 90.8 cm³/mol. The van der Waals surface area contributed by atoms with E-state index in [1.165, 1.54) is 12.0 Å². The number of hydrogen-bond acceptors (Lipinski definition) is 3. The Balaban J connectivity index is 2.32. The topological polar surface area (TPSA) is 35.5 Å². The summed E-state index contributed by atoms with van der Waals surface area (Å²) in [4.78, 5) is 2.32. The van der Waals surface area contributed by atoms with Crippen LogP contribution in [-0.4, -0.2) is 42.7 Å². The van der Waals surface area contributed by atoms with E-state index in [4.69, 9.17) is 0 Å². The Kier molecular flexibility index (Phi) is 7.76. The second kappa shape index (κ2) is 9.06. The van der Waals surface area contributed by atoms with Crippen LogP contribution in [0.3, 0.4) is 0 Å². The standard InChI is InChI=1S/C18H32N2O/c1-14(2)12-17(20(4)5)13-19-15(3)6-7-16-8-10-18(21)11-9-16/h8-11,14-15,17,19,21H,6-7,12-13H2,1-5H3. The zero-order valence-corrected chi connectivity index (χ0v) is 14.3. The highest BCUT2D eigenvalue weighted by Crippen LogP contribution is 2.12. The summed E-state index contributed by atoms with van der Waals surface area (Å²) in [6, 6.07) is 8.64. The third kappa shape index (κ3) is 7.49. The lowest BCUT2D eigenvalue weighted by molar-refractivity contribution is 0.240. The third-order valence-corrected chi connectivity index (χ3v) is 3.98. The first kappa shape index (κ1) is 18.0. The lowest BCUT2D eigenvalue weighted by Gasteiger charge is -2.28. The molecule has 21 heavy (non-hydrogen) atoms. The van der Waals surface area contributed by atoms with Crippen LogP contribution in [0.1, 0.15) is 39.2 Å². The quantitative estimate of drug-likeness (QED) is 0.733. The summed E-state index contributed by atoms with van der Waals surface area (Å²) in [5.74, 6) is 1.07. The Hall–Kier alpha value is -1.06. The highest BCUT2D eigenvalue weighted by atomic mass is 16.3. The molecule has 0 spiro atoms. The molecule has 0 saturated carbocycles. The van der Waals surface area contributed by atoms with Gasteiger partial charge in [0.05, 0.1) is 0 Å². The Morgan fingerprint density at radius 3 is 2.24 bits per heavy atom. The maximum Gasteiger partial charge on any atom is 0.115 e. The van der Waals surface area contributed by atoms with Crippen molar-refractivity contribution in [3.05, 3.63) is 29.8 Å². The summed E-state index contributed by atoms with van der Waals surface area (Å²) in [7, 11) is 4.33. The molecule has 0 aliphatic rings. The summed E-state index contributed by atoms with van der Waals surface area (Å²) in [6.07, 6.45) is 3.39. The Morgan fingerprint density at radius 1 is 1.10 bits per heavy atom. The lowest BCUT2D eigenvalue weighted by atomic mass is 10.0. The van der Waals surface area contributed by atoms with Gasteiger partial charge in [-0.2, -0.15) is 0 Å². The first-order valence-electron chi connectivity index (χ1n) is 8.06. The molecule has 0 heterocycles. The highest BCUT2D eigenvalue weighted by Gasteiger charge is 2.14. The number of aromatic hydroxyl groups is 1. The Labute approximate surface area is 130 Å². The largest absolute Gasteiger partial charge is 0.508 e. The van der Waals surface area contributed by atoms with Gasteiger partial charge in [-0.15, -0.1) is 0 Å². The van der Waals surface area contributed by atoms with Gasteiger partial charge in [-0.25, -0.2) is 0 Å². The van der Waals surface area contributed by atoms with Gasteiger partial charge in [-0.3, -0.25) is 0 Å². The molecule has 2 atom stereocenters. The molecule has 120 valence electrons. The van der Waals surface area contributed by atoms with Gasteiger partial charge in [0.25, 0.3) is 0 Å². The number of nitrogens with zero attached hydrogens (tertiary/aromatic N) is 1. The molecule has 3 nitrogen and oxygen atoms in total. The summed E-state index contributed by atoms with van der Waals surface area (Å²) >= 11 is 0. The van der Waals surface area contributed by atoms with E-state index in [-0.39, 0.29) is 0 Å². The van der Waals surface area contributed by atoms with Gasteiger partial charge in [-0.05, 0) is 63.9 Å². The fourth-order valence-corrected chi connectivity index (χ4v) is 2.51. The lowest BCUT2D eigenvalue weighted by Crippen LogP contribution is -2.42. The summed E-state index contributed by atoms with van der Waals surface area (Å²) in [5, 5.41) is 12.9. The van der Waals surface area contributed by atoms with Crippen LogP contribution in [0.2, 0.25) is 0 Å². The minimum Gasteiger partial charge on any atom is -0.508 e. The molecule has 0 aromatic heterocycles. The maximum atomic E-state index is 9.29. The van der Waals surface area contributed by atoms with Gasteiger partial charge >= 0.3 is 0 Å². The normalized spacial score (nSPS) is 14.6. The van der Waals surface area contributed by atoms with Gasteiger partial charge in [0.2, 0.25) is 0 Å². The molecule has 1 aromatic carbocycles. The van der Waals surface area contributed by atoms with E-state index in [1.807, 2.05) is 12.1 Å². The van der Waals surface area contributed by atoms with Crippen LogP contribution in [0, 0.1) is 5.92 Å². The highest BCUT2D eigenvalue weighted by molar-refractivity contribution is 5.25. The summed E-state index contributed by atoms with van der Waals surface area (Å²) in [5.41, 5.74) is 1.28. The average molecular weight is 292 g/mol. The van der Waals surface area contributed by atoms with E-state index in [2.05, 4.69) is 45.1 Å². The van der Waals surface area contributed by atoms with Gasteiger partial charge in [0.1, 0.15) is 5.75 Å². The second-order valence-corrected chi connectivity index (χ2v) is 6.76. The molecule has 0 amide bonds. The number of nitrogens with one attached hydrogen (secondary N) is 1. The van der Waals surface area contributed by atoms with Crippen molar-refractivity contribution in [2.45, 2.75) is 52.1 Å². The molecule has 2 N–H and O–H groups in total. The van der Waals surface area contributed by atoms with Gasteiger partial charge < -0.3 is 15.3 Å². The zero-order valence-electron chi connectivity index (χ0n) is 14.3. The van der Waals surface area contributed by atoms with Gasteiger partial charge in [0.15, 0.2) is 0 Å². The molecule has 0 aliphatic heterocycles. The first-order valence-corrected chi connectivity index (χ1v) is 8.06. The molecule has 0 bridgehead atoms. The zero-order chi connectivity index (χ0) is 15.8. The number of aryl methyl sites for hydroxylation is 1. The smallest absolute Gasteiger partial charge is 0.115 e. The third-order valence-electron chi connectivity index (χ3n) is 3.98. The van der Waals surface area contributed by atoms with Gasteiger partial charge in [0, 0.05) is 18.6 Å². The number of rotatable bonds is 9. The van der Waals surface area contributed by atoms with Crippen molar-refractivity contribution in [3.8, 4) is 5.75 Å². The van der Waals surface area contributed by atoms with E-state index in [0.717, 1.165) is 25.3 Å². The fourth-order valence-electron chi connectivity index (χ4n) is 2.51. The van der Waals surface area contributed by atoms with Crippen molar-refractivity contribution < 1.29 is 5.11 Å². The van der Waals surface area contributed by atoms with Crippen molar-refractivity contribution >= 4 is 0 Å². The van der Waals surface area contributed by atoms with Crippen LogP contribution in [0.4, 0.5) is 0 Å². The van der Waals surface area contributed by atoms with Crippen molar-refractivity contribution in [2.24, 2.45) is 5.92 Å². The molecule has 1 rings (SSSR count). The van der Waals surface area contributed by atoms with Crippen LogP contribution < -0.4 is 5.32 Å². The molecule has 0 fully saturated rings. The van der Waals surface area contributed by atoms with Crippen LogP contribution >= 0.6 is 0 Å². The van der Waals surface area contributed by atoms with Crippen molar-refractivity contribution in [1.82, 2.24) is 10.2 Å². The Morgan fingerprint density at radius 2 is 1.71 bits per heavy atom. The summed E-state index contributed by atoms with van der Waals surface area (Å²) < 4.78 is 0. The molecule has 2 unspecified atom stereocenters. The van der Waals surface area contributed by atoms with Crippen molar-refractivity contribution in [3.63, 3.8) is 0 Å². The first-order chi connectivity index (χ1) is 9.88. The van der Waals surface area contributed by atoms with E-state index in [9.17, 15) is 5.11 Å². The monoisotopic (exact) mass is 292 g/mol. The maximum absolute atomic E-state index is 9.29. The Bertz CT molecular complexity index is 387. The molecular formula is C18H32N2O. The minimum atomic E-state index is 0.340. The van der Waals surface area contributed by atoms with Gasteiger partial charge in [-0.1, -0.05) is 26.0 Å². The minimum absolute atomic E-state index is 0.340. The van der Waals surface area contributed by atoms with E-state index < -0.39 is 0 Å². The molecule has 0 radical (unpaired) electrons. The number of benzene rings is 1. The number of phenols is 1. The van der Waals surface area contributed by atoms with Crippen LogP contribution in [0.25, 0.3) is 0 Å². The van der Waals surface area contributed by atoms with Crippen molar-refractivity contribution in [2.75, 3.05) is 20.6 Å². The molecule has 1 aromatic rings. The summed E-state index contributed by atoms with van der Waals surface area (Å²) in [6.45, 7) is 7.86. The van der Waals surface area contributed by atoms with E-state index in [0.29, 0.717) is 17.8 Å². The second-order valence-electron chi connectivity index (χ2n) is 6.76. The number of phenolic OH excluding ortho intramolecular Hbond substituents is 1. The molecule has 0 aliphatic carbocycles. The fraction of sp³-hybridized carbons (Fsp3) is 0.667.